The molecule has 0 N–H and O–H groups in total. The third-order valence-electron chi connectivity index (χ3n) is 3.47. The molecule has 0 amide bonds. The third-order valence-corrected chi connectivity index (χ3v) is 3.76. The highest BCUT2D eigenvalue weighted by Gasteiger charge is 2.19. The first kappa shape index (κ1) is 15.7. The lowest BCUT2D eigenvalue weighted by molar-refractivity contribution is 0.101. The predicted octanol–water partition coefficient (Wildman–Crippen LogP) is 4.05. The van der Waals surface area contributed by atoms with Crippen molar-refractivity contribution >= 4 is 17.4 Å². The Morgan fingerprint density at radius 1 is 1.33 bits per heavy atom. The summed E-state index contributed by atoms with van der Waals surface area (Å²) in [5.41, 5.74) is 3.30. The van der Waals surface area contributed by atoms with Crippen molar-refractivity contribution in [1.82, 2.24) is 9.78 Å². The van der Waals surface area contributed by atoms with Crippen LogP contribution in [0.25, 0.3) is 0 Å². The second-order valence-corrected chi connectivity index (χ2v) is 5.34. The van der Waals surface area contributed by atoms with E-state index in [1.807, 2.05) is 18.5 Å². The van der Waals surface area contributed by atoms with E-state index in [0.29, 0.717) is 18.5 Å². The number of halogens is 2. The van der Waals surface area contributed by atoms with Gasteiger partial charge in [-0.2, -0.15) is 5.10 Å². The van der Waals surface area contributed by atoms with E-state index in [9.17, 15) is 9.18 Å². The average Bonchev–Trinajstić information content (AvgIpc) is 2.80. The topological polar surface area (TPSA) is 34.9 Å². The number of carbonyl (C=O) groups excluding carboxylic acids is 1. The van der Waals surface area contributed by atoms with Gasteiger partial charge in [0.1, 0.15) is 5.82 Å². The minimum absolute atomic E-state index is 0.0343. The van der Waals surface area contributed by atoms with Crippen LogP contribution in [0.3, 0.4) is 0 Å². The largest absolute Gasteiger partial charge is 0.294 e. The fraction of sp³-hybridized carbons (Fsp3) is 0.375. The summed E-state index contributed by atoms with van der Waals surface area (Å²) in [6.45, 7) is 6.02. The van der Waals surface area contributed by atoms with Gasteiger partial charge in [0.15, 0.2) is 5.78 Å². The first-order valence-electron chi connectivity index (χ1n) is 7.01. The van der Waals surface area contributed by atoms with Gasteiger partial charge >= 0.3 is 0 Å². The lowest BCUT2D eigenvalue weighted by atomic mass is 10.1. The standard InChI is InChI=1S/C16H18ClFN2O/c1-4-14-16(10(3)21)15(5-2)20(19-14)9-11-6-7-13(18)12(17)8-11/h6-8H,4-5,9H2,1-3H3. The Labute approximate surface area is 128 Å². The maximum atomic E-state index is 13.2. The van der Waals surface area contributed by atoms with Crippen LogP contribution in [0.2, 0.25) is 5.02 Å². The molecule has 0 saturated heterocycles. The van der Waals surface area contributed by atoms with Crippen molar-refractivity contribution in [3.8, 4) is 0 Å². The molecule has 0 unspecified atom stereocenters. The summed E-state index contributed by atoms with van der Waals surface area (Å²) >= 11 is 5.81. The first-order valence-corrected chi connectivity index (χ1v) is 7.39. The summed E-state index contributed by atoms with van der Waals surface area (Å²) in [5.74, 6) is -0.401. The molecule has 2 aromatic rings. The maximum Gasteiger partial charge on any atom is 0.163 e. The highest BCUT2D eigenvalue weighted by atomic mass is 35.5. The summed E-state index contributed by atoms with van der Waals surface area (Å²) in [7, 11) is 0. The molecule has 1 heterocycles. The fourth-order valence-electron chi connectivity index (χ4n) is 2.51. The molecule has 0 bridgehead atoms. The third kappa shape index (κ3) is 3.16. The number of benzene rings is 1. The van der Waals surface area contributed by atoms with Crippen molar-refractivity contribution in [1.29, 1.82) is 0 Å². The molecule has 0 aliphatic heterocycles. The Balaban J connectivity index is 2.44. The minimum Gasteiger partial charge on any atom is -0.294 e. The lowest BCUT2D eigenvalue weighted by Gasteiger charge is -2.08. The second-order valence-electron chi connectivity index (χ2n) is 4.94. The molecule has 0 atom stereocenters. The van der Waals surface area contributed by atoms with E-state index < -0.39 is 5.82 Å². The van der Waals surface area contributed by atoms with Gasteiger partial charge in [-0.1, -0.05) is 31.5 Å². The highest BCUT2D eigenvalue weighted by Crippen LogP contribution is 2.20. The van der Waals surface area contributed by atoms with Gasteiger partial charge in [0.05, 0.1) is 22.8 Å². The summed E-state index contributed by atoms with van der Waals surface area (Å²) in [5, 5.41) is 4.62. The molecule has 3 nitrogen and oxygen atoms in total. The molecule has 0 radical (unpaired) electrons. The van der Waals surface area contributed by atoms with Gasteiger partial charge in [-0.15, -0.1) is 0 Å². The number of aryl methyl sites for hydroxylation is 1. The van der Waals surface area contributed by atoms with E-state index in [4.69, 9.17) is 11.6 Å². The van der Waals surface area contributed by atoms with Crippen molar-refractivity contribution in [2.75, 3.05) is 0 Å². The SMILES string of the molecule is CCc1nn(Cc2ccc(F)c(Cl)c2)c(CC)c1C(C)=O. The van der Waals surface area contributed by atoms with Gasteiger partial charge in [-0.05, 0) is 37.5 Å². The van der Waals surface area contributed by atoms with Crippen LogP contribution in [0.1, 0.15) is 48.1 Å². The Morgan fingerprint density at radius 3 is 2.57 bits per heavy atom. The number of ketones is 1. The van der Waals surface area contributed by atoms with E-state index in [-0.39, 0.29) is 10.8 Å². The van der Waals surface area contributed by atoms with Crippen LogP contribution in [-0.4, -0.2) is 15.6 Å². The van der Waals surface area contributed by atoms with Crippen molar-refractivity contribution in [3.05, 3.63) is 51.6 Å². The maximum absolute atomic E-state index is 13.2. The zero-order valence-electron chi connectivity index (χ0n) is 12.4. The summed E-state index contributed by atoms with van der Waals surface area (Å²) in [4.78, 5) is 11.8. The van der Waals surface area contributed by atoms with E-state index in [0.717, 1.165) is 23.4 Å². The molecule has 112 valence electrons. The van der Waals surface area contributed by atoms with Crippen molar-refractivity contribution in [2.24, 2.45) is 0 Å². The average molecular weight is 309 g/mol. The molecule has 0 aliphatic rings. The lowest BCUT2D eigenvalue weighted by Crippen LogP contribution is -2.08. The second kappa shape index (κ2) is 6.39. The van der Waals surface area contributed by atoms with Gasteiger partial charge in [-0.3, -0.25) is 9.48 Å². The molecule has 21 heavy (non-hydrogen) atoms. The van der Waals surface area contributed by atoms with E-state index >= 15 is 0 Å². The van der Waals surface area contributed by atoms with Crippen LogP contribution in [0, 0.1) is 5.82 Å². The smallest absolute Gasteiger partial charge is 0.163 e. The Morgan fingerprint density at radius 2 is 2.05 bits per heavy atom. The quantitative estimate of drug-likeness (QED) is 0.781. The Hall–Kier alpha value is -1.68. The van der Waals surface area contributed by atoms with E-state index in [1.165, 1.54) is 6.07 Å². The number of Topliss-reactive ketones (excluding diaryl/α,β-unsaturated/α-hetero) is 1. The van der Waals surface area contributed by atoms with Crippen LogP contribution in [0.5, 0.6) is 0 Å². The molecule has 5 heteroatoms. The molecular weight excluding hydrogens is 291 g/mol. The molecule has 2 rings (SSSR count). The molecule has 1 aromatic heterocycles. The van der Waals surface area contributed by atoms with Gasteiger partial charge in [0, 0.05) is 5.69 Å². The molecule has 0 fully saturated rings. The summed E-state index contributed by atoms with van der Waals surface area (Å²) in [6, 6.07) is 4.62. The summed E-state index contributed by atoms with van der Waals surface area (Å²) in [6.07, 6.45) is 1.43. The molecular formula is C16H18ClFN2O. The van der Waals surface area contributed by atoms with Crippen LogP contribution >= 0.6 is 11.6 Å². The predicted molar refractivity (Wildman–Crippen MR) is 81.5 cm³/mol. The minimum atomic E-state index is -0.435. The number of nitrogens with zero attached hydrogens (tertiary/aromatic N) is 2. The van der Waals surface area contributed by atoms with Crippen molar-refractivity contribution in [3.63, 3.8) is 0 Å². The molecule has 0 saturated carbocycles. The number of hydrogen-bond acceptors (Lipinski definition) is 2. The Kier molecular flexibility index (Phi) is 4.78. The van der Waals surface area contributed by atoms with Crippen LogP contribution < -0.4 is 0 Å². The van der Waals surface area contributed by atoms with Gasteiger partial charge in [0.2, 0.25) is 0 Å². The van der Waals surface area contributed by atoms with Crippen LogP contribution in [0.4, 0.5) is 4.39 Å². The fourth-order valence-corrected chi connectivity index (χ4v) is 2.71. The van der Waals surface area contributed by atoms with Crippen molar-refractivity contribution in [2.45, 2.75) is 40.2 Å². The van der Waals surface area contributed by atoms with Crippen LogP contribution in [0.15, 0.2) is 18.2 Å². The number of carbonyl (C=O) groups is 1. The number of aromatic nitrogens is 2. The van der Waals surface area contributed by atoms with Crippen LogP contribution in [-0.2, 0) is 19.4 Å². The zero-order chi connectivity index (χ0) is 15.6. The normalized spacial score (nSPS) is 10.9. The van der Waals surface area contributed by atoms with Gasteiger partial charge in [0.25, 0.3) is 0 Å². The molecule has 0 spiro atoms. The number of hydrogen-bond donors (Lipinski definition) is 0. The Bertz CT molecular complexity index is 679. The monoisotopic (exact) mass is 308 g/mol. The van der Waals surface area contributed by atoms with E-state index in [1.54, 1.807) is 19.1 Å². The van der Waals surface area contributed by atoms with Crippen molar-refractivity contribution < 1.29 is 9.18 Å². The van der Waals surface area contributed by atoms with E-state index in [2.05, 4.69) is 5.10 Å². The summed E-state index contributed by atoms with van der Waals surface area (Å²) < 4.78 is 15.0. The van der Waals surface area contributed by atoms with Gasteiger partial charge in [-0.25, -0.2) is 4.39 Å². The molecule has 1 aromatic carbocycles. The van der Waals surface area contributed by atoms with Gasteiger partial charge < -0.3 is 0 Å². The zero-order valence-corrected chi connectivity index (χ0v) is 13.2. The molecule has 0 aliphatic carbocycles. The highest BCUT2D eigenvalue weighted by molar-refractivity contribution is 6.30. The number of rotatable bonds is 5. The first-order chi connectivity index (χ1) is 9.97.